The number of halogens is 2. The molecule has 0 saturated heterocycles. The molecule has 0 unspecified atom stereocenters. The van der Waals surface area contributed by atoms with Gasteiger partial charge in [-0.3, -0.25) is 4.79 Å². The van der Waals surface area contributed by atoms with Crippen LogP contribution in [0.4, 0.5) is 0 Å². The molecule has 0 aromatic rings. The molecule has 0 radical (unpaired) electrons. The molecule has 10 heavy (non-hydrogen) atoms. The zero-order valence-electron chi connectivity index (χ0n) is 6.27. The van der Waals surface area contributed by atoms with Crippen molar-refractivity contribution in [1.82, 2.24) is 4.90 Å². The third-order valence-corrected chi connectivity index (χ3v) is 0.865. The Kier molecular flexibility index (Phi) is 11.0. The molecule has 0 spiro atoms. The molecule has 4 heteroatoms. The Morgan fingerprint density at radius 2 is 1.60 bits per heavy atom. The number of carbonyl (C=O) groups is 1. The van der Waals surface area contributed by atoms with Gasteiger partial charge < -0.3 is 4.90 Å². The summed E-state index contributed by atoms with van der Waals surface area (Å²) in [7, 11) is 3.38. The Labute approximate surface area is 71.4 Å². The molecule has 0 N–H and O–H groups in total. The van der Waals surface area contributed by atoms with Crippen molar-refractivity contribution < 1.29 is 4.79 Å². The molecular formula is C6H11Cl2NO. The van der Waals surface area contributed by atoms with Crippen LogP contribution in [0.5, 0.6) is 0 Å². The average molecular weight is 184 g/mol. The van der Waals surface area contributed by atoms with Crippen molar-refractivity contribution in [2.24, 2.45) is 0 Å². The number of rotatable bonds is 1. The van der Waals surface area contributed by atoms with Gasteiger partial charge in [0.25, 0.3) is 0 Å². The maximum Gasteiger partial charge on any atom is 0.209 e. The minimum absolute atomic E-state index is 0.324. The Bertz CT molecular complexity index is 108. The molecular weight excluding hydrogens is 173 g/mol. The lowest BCUT2D eigenvalue weighted by Gasteiger charge is -1.93. The Hall–Kier alpha value is -0.210. The lowest BCUT2D eigenvalue weighted by molar-refractivity contribution is -0.115. The molecule has 1 amide bonds. The van der Waals surface area contributed by atoms with Crippen LogP contribution in [0.2, 0.25) is 0 Å². The summed E-state index contributed by atoms with van der Waals surface area (Å²) in [6, 6.07) is 0. The SMILES string of the molecule is CC=C(Cl)Cl.CN(C)C=O. The van der Waals surface area contributed by atoms with Crippen LogP contribution in [0, 0.1) is 0 Å². The third kappa shape index (κ3) is 25.0. The largest absolute Gasteiger partial charge is 0.351 e. The molecule has 0 aliphatic heterocycles. The second-order valence-electron chi connectivity index (χ2n) is 1.65. The number of nitrogens with zero attached hydrogens (tertiary/aromatic N) is 1. The molecule has 0 aromatic heterocycles. The van der Waals surface area contributed by atoms with Crippen molar-refractivity contribution >= 4 is 29.6 Å². The molecule has 0 fully saturated rings. The summed E-state index contributed by atoms with van der Waals surface area (Å²) >= 11 is 10.2. The second kappa shape index (κ2) is 8.79. The molecule has 0 atom stereocenters. The van der Waals surface area contributed by atoms with Crippen molar-refractivity contribution in [3.63, 3.8) is 0 Å². The summed E-state index contributed by atoms with van der Waals surface area (Å²) in [5, 5.41) is 0. The smallest absolute Gasteiger partial charge is 0.209 e. The lowest BCUT2D eigenvalue weighted by Crippen LogP contribution is -2.06. The van der Waals surface area contributed by atoms with Gasteiger partial charge in [0.1, 0.15) is 4.49 Å². The first kappa shape index (κ1) is 12.5. The van der Waals surface area contributed by atoms with Crippen LogP contribution in [0.15, 0.2) is 10.6 Å². The van der Waals surface area contributed by atoms with Crippen molar-refractivity contribution in [1.29, 1.82) is 0 Å². The van der Waals surface area contributed by atoms with Crippen molar-refractivity contribution in [3.8, 4) is 0 Å². The predicted molar refractivity (Wildman–Crippen MR) is 45.2 cm³/mol. The number of carbonyl (C=O) groups excluding carboxylic acids is 1. The maximum atomic E-state index is 9.43. The van der Waals surface area contributed by atoms with Gasteiger partial charge in [0.15, 0.2) is 0 Å². The Morgan fingerprint density at radius 1 is 1.40 bits per heavy atom. The van der Waals surface area contributed by atoms with E-state index in [9.17, 15) is 4.79 Å². The van der Waals surface area contributed by atoms with Crippen LogP contribution in [0.25, 0.3) is 0 Å². The number of amides is 1. The number of hydrogen-bond acceptors (Lipinski definition) is 1. The quantitative estimate of drug-likeness (QED) is 0.571. The van der Waals surface area contributed by atoms with Gasteiger partial charge >= 0.3 is 0 Å². The van der Waals surface area contributed by atoms with E-state index >= 15 is 0 Å². The topological polar surface area (TPSA) is 20.3 Å². The molecule has 2 nitrogen and oxygen atoms in total. The second-order valence-corrected chi connectivity index (χ2v) is 2.66. The van der Waals surface area contributed by atoms with Gasteiger partial charge in [0.2, 0.25) is 6.41 Å². The average Bonchev–Trinajstić information content (AvgIpc) is 1.89. The highest BCUT2D eigenvalue weighted by Gasteiger charge is 1.68. The summed E-state index contributed by atoms with van der Waals surface area (Å²) in [5.41, 5.74) is 0. The van der Waals surface area contributed by atoms with Crippen LogP contribution >= 0.6 is 23.2 Å². The van der Waals surface area contributed by atoms with Crippen LogP contribution in [-0.4, -0.2) is 25.4 Å². The number of allylic oxidation sites excluding steroid dienone is 1. The first-order chi connectivity index (χ1) is 4.54. The van der Waals surface area contributed by atoms with Crippen LogP contribution < -0.4 is 0 Å². The van der Waals surface area contributed by atoms with E-state index in [2.05, 4.69) is 0 Å². The predicted octanol–water partition coefficient (Wildman–Crippen LogP) is 2.03. The minimum atomic E-state index is 0.324. The highest BCUT2D eigenvalue weighted by Crippen LogP contribution is 2.03. The van der Waals surface area contributed by atoms with E-state index in [4.69, 9.17) is 23.2 Å². The van der Waals surface area contributed by atoms with Gasteiger partial charge in [0, 0.05) is 14.1 Å². The van der Waals surface area contributed by atoms with Crippen molar-refractivity contribution in [3.05, 3.63) is 10.6 Å². The van der Waals surface area contributed by atoms with Crippen molar-refractivity contribution in [2.75, 3.05) is 14.1 Å². The number of hydrogen-bond donors (Lipinski definition) is 0. The van der Waals surface area contributed by atoms with Gasteiger partial charge in [-0.25, -0.2) is 0 Å². The zero-order valence-corrected chi connectivity index (χ0v) is 7.78. The highest BCUT2D eigenvalue weighted by atomic mass is 35.5. The highest BCUT2D eigenvalue weighted by molar-refractivity contribution is 6.55. The first-order valence-electron chi connectivity index (χ1n) is 2.63. The van der Waals surface area contributed by atoms with E-state index < -0.39 is 0 Å². The molecule has 60 valence electrons. The van der Waals surface area contributed by atoms with E-state index in [0.29, 0.717) is 4.49 Å². The maximum absolute atomic E-state index is 9.43. The minimum Gasteiger partial charge on any atom is -0.351 e. The van der Waals surface area contributed by atoms with E-state index in [-0.39, 0.29) is 0 Å². The fourth-order valence-electron chi connectivity index (χ4n) is 0. The fraction of sp³-hybridized carbons (Fsp3) is 0.500. The Balaban J connectivity index is 0. The van der Waals surface area contributed by atoms with Gasteiger partial charge in [-0.15, -0.1) is 0 Å². The van der Waals surface area contributed by atoms with Gasteiger partial charge in [0.05, 0.1) is 0 Å². The molecule has 0 heterocycles. The molecule has 0 rings (SSSR count). The molecule has 0 aliphatic rings. The lowest BCUT2D eigenvalue weighted by atomic mass is 10.8. The summed E-state index contributed by atoms with van der Waals surface area (Å²) in [5.74, 6) is 0. The standard InChI is InChI=1S/C3H4Cl2.C3H7NO/c1-2-3(4)5;1-4(2)3-5/h2H,1H3;3H,1-2H3. The summed E-state index contributed by atoms with van der Waals surface area (Å²) < 4.78 is 0.324. The van der Waals surface area contributed by atoms with Gasteiger partial charge in [-0.05, 0) is 6.92 Å². The monoisotopic (exact) mass is 183 g/mol. The normalized spacial score (nSPS) is 6.90. The van der Waals surface area contributed by atoms with E-state index in [1.54, 1.807) is 27.1 Å². The van der Waals surface area contributed by atoms with E-state index in [1.165, 1.54) is 4.90 Å². The third-order valence-electron chi connectivity index (χ3n) is 0.429. The molecule has 0 aliphatic carbocycles. The van der Waals surface area contributed by atoms with E-state index in [1.807, 2.05) is 0 Å². The van der Waals surface area contributed by atoms with Gasteiger partial charge in [-0.1, -0.05) is 29.3 Å². The van der Waals surface area contributed by atoms with Crippen LogP contribution in [0.3, 0.4) is 0 Å². The summed E-state index contributed by atoms with van der Waals surface area (Å²) in [4.78, 5) is 10.9. The summed E-state index contributed by atoms with van der Waals surface area (Å²) in [6.07, 6.45) is 2.36. The molecule has 0 bridgehead atoms. The Morgan fingerprint density at radius 3 is 1.60 bits per heavy atom. The first-order valence-corrected chi connectivity index (χ1v) is 3.39. The molecule has 0 saturated carbocycles. The summed E-state index contributed by atoms with van der Waals surface area (Å²) in [6.45, 7) is 1.77. The zero-order chi connectivity index (χ0) is 8.57. The van der Waals surface area contributed by atoms with Gasteiger partial charge in [-0.2, -0.15) is 0 Å². The van der Waals surface area contributed by atoms with Crippen molar-refractivity contribution in [2.45, 2.75) is 6.92 Å². The van der Waals surface area contributed by atoms with Crippen LogP contribution in [0.1, 0.15) is 6.92 Å². The fourth-order valence-corrected chi connectivity index (χ4v) is 0. The van der Waals surface area contributed by atoms with E-state index in [0.717, 1.165) is 6.41 Å². The van der Waals surface area contributed by atoms with Crippen LogP contribution in [-0.2, 0) is 4.79 Å². The molecule has 0 aromatic carbocycles.